The van der Waals surface area contributed by atoms with Crippen molar-refractivity contribution in [1.29, 1.82) is 0 Å². The molecule has 1 aliphatic carbocycles. The summed E-state index contributed by atoms with van der Waals surface area (Å²) in [5.41, 5.74) is 1.07. The van der Waals surface area contributed by atoms with Gasteiger partial charge >= 0.3 is 0 Å². The minimum absolute atomic E-state index is 0.0617. The fourth-order valence-electron chi connectivity index (χ4n) is 2.58. The number of nitrogens with one attached hydrogen (secondary N) is 1. The van der Waals surface area contributed by atoms with Gasteiger partial charge in [0.2, 0.25) is 5.91 Å². The van der Waals surface area contributed by atoms with Crippen LogP contribution in [-0.4, -0.2) is 33.0 Å². The number of rotatable bonds is 9. The molecule has 24 heavy (non-hydrogen) atoms. The highest BCUT2D eigenvalue weighted by molar-refractivity contribution is 7.99. The fraction of sp³-hybridized carbons (Fsp3) is 0.500. The fourth-order valence-corrected chi connectivity index (χ4v) is 3.37. The minimum atomic E-state index is 0.0617. The zero-order valence-corrected chi connectivity index (χ0v) is 14.9. The average Bonchev–Trinajstić information content (AvgIpc) is 3.37. The van der Waals surface area contributed by atoms with Crippen LogP contribution in [-0.2, 0) is 4.79 Å². The van der Waals surface area contributed by atoms with Gasteiger partial charge in [-0.25, -0.2) is 0 Å². The maximum Gasteiger partial charge on any atom is 0.230 e. The van der Waals surface area contributed by atoms with E-state index in [0.29, 0.717) is 11.7 Å². The second-order valence-electron chi connectivity index (χ2n) is 6.13. The third kappa shape index (κ3) is 4.38. The maximum atomic E-state index is 12.0. The summed E-state index contributed by atoms with van der Waals surface area (Å²) in [7, 11) is 0. The van der Waals surface area contributed by atoms with Crippen molar-refractivity contribution >= 4 is 17.7 Å². The Hall–Kier alpha value is -1.82. The van der Waals surface area contributed by atoms with Gasteiger partial charge in [0.15, 0.2) is 5.16 Å². The Balaban J connectivity index is 1.64. The molecule has 1 N–H and O–H groups in total. The van der Waals surface area contributed by atoms with Crippen molar-refractivity contribution in [3.63, 3.8) is 0 Å². The number of aromatic nitrogens is 3. The van der Waals surface area contributed by atoms with Crippen molar-refractivity contribution in [2.24, 2.45) is 0 Å². The topological polar surface area (TPSA) is 59.8 Å². The van der Waals surface area contributed by atoms with Gasteiger partial charge in [0.25, 0.3) is 0 Å². The van der Waals surface area contributed by atoms with E-state index < -0.39 is 0 Å². The summed E-state index contributed by atoms with van der Waals surface area (Å²) >= 11 is 1.46. The van der Waals surface area contributed by atoms with Crippen LogP contribution in [0.2, 0.25) is 0 Å². The van der Waals surface area contributed by atoms with Gasteiger partial charge in [0.05, 0.1) is 5.75 Å². The summed E-state index contributed by atoms with van der Waals surface area (Å²) in [6.07, 6.45) is 5.70. The van der Waals surface area contributed by atoms with Crippen LogP contribution >= 0.6 is 11.8 Å². The molecule has 1 aromatic heterocycles. The molecule has 1 amide bonds. The van der Waals surface area contributed by atoms with E-state index in [9.17, 15) is 4.79 Å². The lowest BCUT2D eigenvalue weighted by Crippen LogP contribution is -2.26. The summed E-state index contributed by atoms with van der Waals surface area (Å²) in [6, 6.07) is 10.2. The Morgan fingerprint density at radius 3 is 2.75 bits per heavy atom. The molecule has 1 aliphatic rings. The normalized spacial score (nSPS) is 13.9. The Morgan fingerprint density at radius 1 is 1.25 bits per heavy atom. The molecule has 0 unspecified atom stereocenters. The first-order chi connectivity index (χ1) is 11.8. The Morgan fingerprint density at radius 2 is 2.04 bits per heavy atom. The van der Waals surface area contributed by atoms with Crippen molar-refractivity contribution in [2.45, 2.75) is 50.1 Å². The zero-order valence-electron chi connectivity index (χ0n) is 14.1. The van der Waals surface area contributed by atoms with Gasteiger partial charge in [-0.05, 0) is 31.4 Å². The quantitative estimate of drug-likeness (QED) is 0.558. The molecular formula is C18H24N4OS. The Kier molecular flexibility index (Phi) is 5.91. The van der Waals surface area contributed by atoms with Crippen LogP contribution in [0.25, 0.3) is 5.69 Å². The number of thioether (sulfide) groups is 1. The van der Waals surface area contributed by atoms with Crippen LogP contribution in [0.5, 0.6) is 0 Å². The second kappa shape index (κ2) is 8.33. The van der Waals surface area contributed by atoms with Gasteiger partial charge in [-0.1, -0.05) is 49.7 Å². The van der Waals surface area contributed by atoms with Gasteiger partial charge in [-0.2, -0.15) is 0 Å². The van der Waals surface area contributed by atoms with Crippen molar-refractivity contribution < 1.29 is 4.79 Å². The molecule has 2 aromatic rings. The first-order valence-corrected chi connectivity index (χ1v) is 9.68. The van der Waals surface area contributed by atoms with E-state index in [1.807, 2.05) is 18.2 Å². The van der Waals surface area contributed by atoms with Crippen molar-refractivity contribution in [3.05, 3.63) is 36.2 Å². The van der Waals surface area contributed by atoms with E-state index in [4.69, 9.17) is 0 Å². The standard InChI is InChI=1S/C18H24N4OS/c1-2-3-7-12-19-16(23)13-24-18-21-20-17(14-10-11-14)22(18)15-8-5-4-6-9-15/h4-6,8-9,14H,2-3,7,10-13H2,1H3,(H,19,23). The molecule has 1 saturated carbocycles. The van der Waals surface area contributed by atoms with Crippen LogP contribution in [0.3, 0.4) is 0 Å². The molecular weight excluding hydrogens is 320 g/mol. The predicted octanol–water partition coefficient (Wildman–Crippen LogP) is 3.54. The predicted molar refractivity (Wildman–Crippen MR) is 96.6 cm³/mol. The summed E-state index contributed by atoms with van der Waals surface area (Å²) in [6.45, 7) is 2.91. The number of hydrogen-bond acceptors (Lipinski definition) is 4. The van der Waals surface area contributed by atoms with Crippen LogP contribution < -0.4 is 5.32 Å². The smallest absolute Gasteiger partial charge is 0.230 e. The van der Waals surface area contributed by atoms with Crippen molar-refractivity contribution in [1.82, 2.24) is 20.1 Å². The second-order valence-corrected chi connectivity index (χ2v) is 7.07. The summed E-state index contributed by atoms with van der Waals surface area (Å²) in [4.78, 5) is 12.0. The molecule has 1 aromatic carbocycles. The molecule has 3 rings (SSSR count). The summed E-state index contributed by atoms with van der Waals surface area (Å²) in [5.74, 6) is 1.97. The molecule has 0 radical (unpaired) electrons. The van der Waals surface area contributed by atoms with Crippen LogP contribution in [0, 0.1) is 0 Å². The molecule has 6 heteroatoms. The van der Waals surface area contributed by atoms with Gasteiger partial charge < -0.3 is 5.32 Å². The van der Waals surface area contributed by atoms with Gasteiger partial charge in [0, 0.05) is 18.2 Å². The van der Waals surface area contributed by atoms with E-state index >= 15 is 0 Å². The van der Waals surface area contributed by atoms with E-state index in [2.05, 4.69) is 39.1 Å². The van der Waals surface area contributed by atoms with Gasteiger partial charge in [0.1, 0.15) is 5.82 Å². The third-order valence-corrected chi connectivity index (χ3v) is 4.98. The summed E-state index contributed by atoms with van der Waals surface area (Å²) in [5, 5.41) is 12.5. The van der Waals surface area contributed by atoms with Gasteiger partial charge in [-0.15, -0.1) is 10.2 Å². The number of carbonyl (C=O) groups excluding carboxylic acids is 1. The molecule has 5 nitrogen and oxygen atoms in total. The largest absolute Gasteiger partial charge is 0.355 e. The van der Waals surface area contributed by atoms with Crippen LogP contribution in [0.4, 0.5) is 0 Å². The molecule has 128 valence electrons. The van der Waals surface area contributed by atoms with Crippen molar-refractivity contribution in [3.8, 4) is 5.69 Å². The van der Waals surface area contributed by atoms with E-state index in [1.165, 1.54) is 24.6 Å². The molecule has 1 fully saturated rings. The molecule has 0 spiro atoms. The minimum Gasteiger partial charge on any atom is -0.355 e. The number of amides is 1. The van der Waals surface area contributed by atoms with Crippen molar-refractivity contribution in [2.75, 3.05) is 12.3 Å². The first-order valence-electron chi connectivity index (χ1n) is 8.70. The Bertz CT molecular complexity index is 667. The highest BCUT2D eigenvalue weighted by Gasteiger charge is 2.31. The van der Waals surface area contributed by atoms with Crippen LogP contribution in [0.1, 0.15) is 50.8 Å². The van der Waals surface area contributed by atoms with E-state index in [0.717, 1.165) is 42.5 Å². The lowest BCUT2D eigenvalue weighted by Gasteiger charge is -2.09. The van der Waals surface area contributed by atoms with Crippen LogP contribution in [0.15, 0.2) is 35.5 Å². The lowest BCUT2D eigenvalue weighted by atomic mass is 10.2. The summed E-state index contributed by atoms with van der Waals surface area (Å²) < 4.78 is 2.10. The third-order valence-electron chi connectivity index (χ3n) is 4.05. The number of nitrogens with zero attached hydrogens (tertiary/aromatic N) is 3. The molecule has 0 saturated heterocycles. The highest BCUT2D eigenvalue weighted by atomic mass is 32.2. The lowest BCUT2D eigenvalue weighted by molar-refractivity contribution is -0.118. The zero-order chi connectivity index (χ0) is 16.8. The molecule has 0 bridgehead atoms. The molecule has 0 atom stereocenters. The number of unbranched alkanes of at least 4 members (excludes halogenated alkanes) is 2. The van der Waals surface area contributed by atoms with E-state index in [-0.39, 0.29) is 5.91 Å². The average molecular weight is 344 g/mol. The molecule has 0 aliphatic heterocycles. The number of para-hydroxylation sites is 1. The number of benzene rings is 1. The molecule has 1 heterocycles. The first kappa shape index (κ1) is 17.0. The van der Waals surface area contributed by atoms with E-state index in [1.54, 1.807) is 0 Å². The highest BCUT2D eigenvalue weighted by Crippen LogP contribution is 2.41. The number of hydrogen-bond donors (Lipinski definition) is 1. The monoisotopic (exact) mass is 344 g/mol. The Labute approximate surface area is 147 Å². The maximum absolute atomic E-state index is 12.0. The SMILES string of the molecule is CCCCCNC(=O)CSc1nnc(C2CC2)n1-c1ccccc1. The van der Waals surface area contributed by atoms with Gasteiger partial charge in [-0.3, -0.25) is 9.36 Å². The number of carbonyl (C=O) groups is 1.